The Labute approximate surface area is 87.7 Å². The maximum Gasteiger partial charge on any atom is 0.147 e. The van der Waals surface area contributed by atoms with Gasteiger partial charge in [-0.1, -0.05) is 12.1 Å². The van der Waals surface area contributed by atoms with Crippen LogP contribution in [0.15, 0.2) is 24.3 Å². The molecule has 2 rings (SSSR count). The molecule has 0 fully saturated rings. The van der Waals surface area contributed by atoms with E-state index in [-0.39, 0.29) is 24.3 Å². The van der Waals surface area contributed by atoms with E-state index in [1.54, 1.807) is 6.07 Å². The number of nitrogens with one attached hydrogen (secondary N) is 1. The smallest absolute Gasteiger partial charge is 0.147 e. The Bertz CT molecular complexity index is 437. The van der Waals surface area contributed by atoms with Crippen molar-refractivity contribution in [2.75, 3.05) is 0 Å². The Balaban J connectivity index is 0.000000980. The highest BCUT2D eigenvalue weighted by Gasteiger charge is 2.06. The van der Waals surface area contributed by atoms with Crippen LogP contribution in [-0.4, -0.2) is 4.98 Å². The van der Waals surface area contributed by atoms with E-state index in [9.17, 15) is 4.39 Å². The first-order chi connectivity index (χ1) is 6.18. The van der Waals surface area contributed by atoms with Gasteiger partial charge < -0.3 is 10.7 Å². The maximum absolute atomic E-state index is 13.2. The van der Waals surface area contributed by atoms with Crippen LogP contribution in [0.3, 0.4) is 0 Å². The zero-order valence-electron chi connectivity index (χ0n) is 7.75. The summed E-state index contributed by atoms with van der Waals surface area (Å²) in [5.41, 5.74) is 7.07. The average Bonchev–Trinajstić information content (AvgIpc) is 2.49. The number of aromatic nitrogens is 1. The molecule has 3 N–H and O–H groups in total. The molecule has 0 aliphatic heterocycles. The summed E-state index contributed by atoms with van der Waals surface area (Å²) in [7, 11) is 0. The van der Waals surface area contributed by atoms with Crippen LogP contribution in [0.4, 0.5) is 4.39 Å². The normalized spacial score (nSPS) is 12.5. The molecule has 1 aromatic carbocycles. The molecule has 0 aliphatic rings. The van der Waals surface area contributed by atoms with E-state index in [2.05, 4.69) is 4.98 Å². The third-order valence-corrected chi connectivity index (χ3v) is 2.12. The summed E-state index contributed by atoms with van der Waals surface area (Å²) in [6, 6.07) is 6.77. The van der Waals surface area contributed by atoms with Gasteiger partial charge in [0.15, 0.2) is 0 Å². The first kappa shape index (κ1) is 11.0. The van der Waals surface area contributed by atoms with Gasteiger partial charge in [-0.05, 0) is 19.1 Å². The second-order valence-corrected chi connectivity index (χ2v) is 3.22. The van der Waals surface area contributed by atoms with Crippen molar-refractivity contribution in [3.63, 3.8) is 0 Å². The molecule has 76 valence electrons. The minimum absolute atomic E-state index is 0. The number of para-hydroxylation sites is 1. The number of fused-ring (bicyclic) bond motifs is 1. The highest BCUT2D eigenvalue weighted by Crippen LogP contribution is 2.20. The van der Waals surface area contributed by atoms with E-state index in [1.807, 2.05) is 19.1 Å². The molecule has 2 aromatic rings. The number of halogens is 2. The van der Waals surface area contributed by atoms with Crippen molar-refractivity contribution in [1.29, 1.82) is 0 Å². The monoisotopic (exact) mass is 214 g/mol. The lowest BCUT2D eigenvalue weighted by Gasteiger charge is -1.98. The zero-order chi connectivity index (χ0) is 9.42. The molecule has 0 unspecified atom stereocenters. The number of benzene rings is 1. The average molecular weight is 215 g/mol. The van der Waals surface area contributed by atoms with Crippen molar-refractivity contribution in [2.24, 2.45) is 5.73 Å². The van der Waals surface area contributed by atoms with Gasteiger partial charge in [-0.2, -0.15) is 0 Å². The minimum atomic E-state index is -0.232. The van der Waals surface area contributed by atoms with E-state index in [1.165, 1.54) is 6.07 Å². The Morgan fingerprint density at radius 1 is 1.43 bits per heavy atom. The summed E-state index contributed by atoms with van der Waals surface area (Å²) in [6.07, 6.45) is 0. The lowest BCUT2D eigenvalue weighted by atomic mass is 10.2. The second-order valence-electron chi connectivity index (χ2n) is 3.22. The molecule has 1 heterocycles. The van der Waals surface area contributed by atoms with E-state index in [0.29, 0.717) is 5.52 Å². The van der Waals surface area contributed by atoms with Crippen molar-refractivity contribution < 1.29 is 4.39 Å². The first-order valence-electron chi connectivity index (χ1n) is 4.21. The Hall–Kier alpha value is -1.06. The largest absolute Gasteiger partial charge is 0.355 e. The van der Waals surface area contributed by atoms with Gasteiger partial charge in [0.25, 0.3) is 0 Å². The fraction of sp³-hybridized carbons (Fsp3) is 0.200. The number of H-pyrrole nitrogens is 1. The van der Waals surface area contributed by atoms with Crippen molar-refractivity contribution >= 4 is 23.3 Å². The molecule has 0 saturated carbocycles. The van der Waals surface area contributed by atoms with Gasteiger partial charge in [0.2, 0.25) is 0 Å². The minimum Gasteiger partial charge on any atom is -0.355 e. The molecule has 0 bridgehead atoms. The molecule has 1 aromatic heterocycles. The number of hydrogen-bond donors (Lipinski definition) is 2. The predicted molar refractivity (Wildman–Crippen MR) is 58.1 cm³/mol. The van der Waals surface area contributed by atoms with E-state index in [0.717, 1.165) is 11.1 Å². The third-order valence-electron chi connectivity index (χ3n) is 2.12. The predicted octanol–water partition coefficient (Wildman–Crippen LogP) is 2.75. The van der Waals surface area contributed by atoms with Gasteiger partial charge in [-0.3, -0.25) is 0 Å². The lowest BCUT2D eigenvalue weighted by Crippen LogP contribution is -2.04. The SMILES string of the molecule is C[C@H](N)c1cc2cccc(F)c2[nH]1.Cl. The van der Waals surface area contributed by atoms with E-state index in [4.69, 9.17) is 5.73 Å². The van der Waals surface area contributed by atoms with Gasteiger partial charge in [0.05, 0.1) is 5.52 Å². The molecule has 0 radical (unpaired) electrons. The van der Waals surface area contributed by atoms with Crippen molar-refractivity contribution in [3.8, 4) is 0 Å². The van der Waals surface area contributed by atoms with Crippen LogP contribution >= 0.6 is 12.4 Å². The number of aromatic amines is 1. The Morgan fingerprint density at radius 3 is 2.71 bits per heavy atom. The van der Waals surface area contributed by atoms with Crippen LogP contribution in [-0.2, 0) is 0 Å². The van der Waals surface area contributed by atoms with Gasteiger partial charge in [-0.25, -0.2) is 4.39 Å². The van der Waals surface area contributed by atoms with Crippen LogP contribution in [0, 0.1) is 5.82 Å². The molecule has 4 heteroatoms. The molecule has 2 nitrogen and oxygen atoms in total. The van der Waals surface area contributed by atoms with Gasteiger partial charge in [0.1, 0.15) is 5.82 Å². The van der Waals surface area contributed by atoms with Gasteiger partial charge in [0, 0.05) is 17.1 Å². The van der Waals surface area contributed by atoms with Crippen molar-refractivity contribution in [1.82, 2.24) is 4.98 Å². The summed E-state index contributed by atoms with van der Waals surface area (Å²) in [6.45, 7) is 1.86. The van der Waals surface area contributed by atoms with Crippen LogP contribution in [0.25, 0.3) is 10.9 Å². The highest BCUT2D eigenvalue weighted by molar-refractivity contribution is 5.85. The number of hydrogen-bond acceptors (Lipinski definition) is 1. The van der Waals surface area contributed by atoms with E-state index < -0.39 is 0 Å². The summed E-state index contributed by atoms with van der Waals surface area (Å²) in [5, 5.41) is 0.868. The zero-order valence-corrected chi connectivity index (χ0v) is 8.57. The van der Waals surface area contributed by atoms with Gasteiger partial charge >= 0.3 is 0 Å². The highest BCUT2D eigenvalue weighted by atomic mass is 35.5. The number of nitrogens with two attached hydrogens (primary N) is 1. The maximum atomic E-state index is 13.2. The summed E-state index contributed by atoms with van der Waals surface area (Å²) >= 11 is 0. The first-order valence-corrected chi connectivity index (χ1v) is 4.21. The standard InChI is InChI=1S/C10H11FN2.ClH/c1-6(12)9-5-7-3-2-4-8(11)10(7)13-9;/h2-6,13H,12H2,1H3;1H/t6-;/m0./s1. The second kappa shape index (κ2) is 3.98. The number of rotatable bonds is 1. The molecule has 0 spiro atoms. The Kier molecular flexibility index (Phi) is 3.13. The fourth-order valence-corrected chi connectivity index (χ4v) is 1.39. The molecule has 0 aliphatic carbocycles. The molecule has 14 heavy (non-hydrogen) atoms. The van der Waals surface area contributed by atoms with E-state index >= 15 is 0 Å². The third kappa shape index (κ3) is 1.74. The van der Waals surface area contributed by atoms with Crippen LogP contribution in [0.2, 0.25) is 0 Å². The van der Waals surface area contributed by atoms with Crippen molar-refractivity contribution in [3.05, 3.63) is 35.8 Å². The molecular weight excluding hydrogens is 203 g/mol. The van der Waals surface area contributed by atoms with Gasteiger partial charge in [-0.15, -0.1) is 12.4 Å². The summed E-state index contributed by atoms with van der Waals surface area (Å²) in [4.78, 5) is 2.96. The van der Waals surface area contributed by atoms with Crippen LogP contribution < -0.4 is 5.73 Å². The fourth-order valence-electron chi connectivity index (χ4n) is 1.39. The Morgan fingerprint density at radius 2 is 2.14 bits per heavy atom. The summed E-state index contributed by atoms with van der Waals surface area (Å²) in [5.74, 6) is -0.232. The quantitative estimate of drug-likeness (QED) is 0.753. The topological polar surface area (TPSA) is 41.8 Å². The molecule has 0 saturated heterocycles. The van der Waals surface area contributed by atoms with Crippen LogP contribution in [0.5, 0.6) is 0 Å². The molecular formula is C10H12ClFN2. The summed E-state index contributed by atoms with van der Waals surface area (Å²) < 4.78 is 13.2. The van der Waals surface area contributed by atoms with Crippen molar-refractivity contribution in [2.45, 2.75) is 13.0 Å². The lowest BCUT2D eigenvalue weighted by molar-refractivity contribution is 0.636. The molecule has 0 amide bonds. The molecule has 1 atom stereocenters. The van der Waals surface area contributed by atoms with Crippen LogP contribution in [0.1, 0.15) is 18.7 Å².